The summed E-state index contributed by atoms with van der Waals surface area (Å²) in [5.74, 6) is 0. The SMILES string of the molecule is CCC(CCN)N1CCN(CCC(C)(C)O)CC1. The lowest BCUT2D eigenvalue weighted by Crippen LogP contribution is -2.51. The Labute approximate surface area is 112 Å². The molecule has 0 spiro atoms. The Kier molecular flexibility index (Phi) is 6.57. The molecule has 1 aliphatic heterocycles. The number of nitrogens with zero attached hydrogens (tertiary/aromatic N) is 2. The molecule has 0 aliphatic carbocycles. The maximum atomic E-state index is 9.75. The average Bonchev–Trinajstić information content (AvgIpc) is 2.33. The molecule has 1 unspecified atom stereocenters. The predicted molar refractivity (Wildman–Crippen MR) is 76.7 cm³/mol. The Hall–Kier alpha value is -0.160. The summed E-state index contributed by atoms with van der Waals surface area (Å²) in [4.78, 5) is 5.04. The molecule has 1 fully saturated rings. The predicted octanol–water partition coefficient (Wildman–Crippen LogP) is 0.892. The second kappa shape index (κ2) is 7.43. The standard InChI is InChI=1S/C14H31N3O/c1-4-13(5-7-15)17-11-9-16(10-12-17)8-6-14(2,3)18/h13,18H,4-12,15H2,1-3H3. The maximum absolute atomic E-state index is 9.75. The highest BCUT2D eigenvalue weighted by Crippen LogP contribution is 2.14. The van der Waals surface area contributed by atoms with Crippen molar-refractivity contribution < 1.29 is 5.11 Å². The third-order valence-electron chi connectivity index (χ3n) is 3.93. The van der Waals surface area contributed by atoms with Crippen LogP contribution in [0.5, 0.6) is 0 Å². The minimum atomic E-state index is -0.539. The van der Waals surface area contributed by atoms with Crippen molar-refractivity contribution in [2.24, 2.45) is 5.73 Å². The molecule has 0 bridgehead atoms. The van der Waals surface area contributed by atoms with Crippen molar-refractivity contribution in [1.29, 1.82) is 0 Å². The Morgan fingerprint density at radius 2 is 1.83 bits per heavy atom. The van der Waals surface area contributed by atoms with E-state index >= 15 is 0 Å². The number of hydrogen-bond acceptors (Lipinski definition) is 4. The van der Waals surface area contributed by atoms with Gasteiger partial charge in [0, 0.05) is 38.8 Å². The Bertz CT molecular complexity index is 220. The van der Waals surface area contributed by atoms with Gasteiger partial charge in [0.15, 0.2) is 0 Å². The van der Waals surface area contributed by atoms with Gasteiger partial charge in [0.05, 0.1) is 5.60 Å². The van der Waals surface area contributed by atoms with E-state index in [1.165, 1.54) is 6.42 Å². The van der Waals surface area contributed by atoms with Crippen LogP contribution in [-0.2, 0) is 0 Å². The molecule has 0 amide bonds. The van der Waals surface area contributed by atoms with Gasteiger partial charge < -0.3 is 15.7 Å². The quantitative estimate of drug-likeness (QED) is 0.711. The number of aliphatic hydroxyl groups is 1. The molecule has 1 saturated heterocycles. The molecule has 1 aliphatic rings. The van der Waals surface area contributed by atoms with Gasteiger partial charge in [0.25, 0.3) is 0 Å². The topological polar surface area (TPSA) is 52.7 Å². The van der Waals surface area contributed by atoms with E-state index in [0.717, 1.165) is 52.1 Å². The first-order valence-electron chi connectivity index (χ1n) is 7.35. The smallest absolute Gasteiger partial charge is 0.0603 e. The zero-order chi connectivity index (χ0) is 13.6. The van der Waals surface area contributed by atoms with Gasteiger partial charge in [-0.15, -0.1) is 0 Å². The van der Waals surface area contributed by atoms with Crippen LogP contribution in [0.3, 0.4) is 0 Å². The fourth-order valence-electron chi connectivity index (χ4n) is 2.62. The van der Waals surface area contributed by atoms with Crippen molar-refractivity contribution in [3.05, 3.63) is 0 Å². The highest BCUT2D eigenvalue weighted by Gasteiger charge is 2.23. The van der Waals surface area contributed by atoms with Crippen LogP contribution in [0.4, 0.5) is 0 Å². The van der Waals surface area contributed by atoms with Crippen molar-refractivity contribution in [2.75, 3.05) is 39.3 Å². The van der Waals surface area contributed by atoms with Crippen molar-refractivity contribution in [1.82, 2.24) is 9.80 Å². The highest BCUT2D eigenvalue weighted by molar-refractivity contribution is 4.79. The summed E-state index contributed by atoms with van der Waals surface area (Å²) >= 11 is 0. The molecule has 4 nitrogen and oxygen atoms in total. The second-order valence-electron chi connectivity index (χ2n) is 6.08. The van der Waals surface area contributed by atoms with Gasteiger partial charge in [-0.05, 0) is 39.7 Å². The van der Waals surface area contributed by atoms with E-state index in [4.69, 9.17) is 5.73 Å². The molecule has 0 aromatic heterocycles. The van der Waals surface area contributed by atoms with E-state index < -0.39 is 5.60 Å². The van der Waals surface area contributed by atoms with Gasteiger partial charge in [-0.25, -0.2) is 0 Å². The Morgan fingerprint density at radius 1 is 1.22 bits per heavy atom. The Balaban J connectivity index is 2.27. The van der Waals surface area contributed by atoms with Crippen molar-refractivity contribution in [3.63, 3.8) is 0 Å². The number of rotatable bonds is 7. The van der Waals surface area contributed by atoms with Gasteiger partial charge >= 0.3 is 0 Å². The molecule has 0 radical (unpaired) electrons. The molecule has 1 heterocycles. The van der Waals surface area contributed by atoms with E-state index in [-0.39, 0.29) is 0 Å². The van der Waals surface area contributed by atoms with Crippen LogP contribution in [-0.4, -0.2) is 65.8 Å². The largest absolute Gasteiger partial charge is 0.390 e. The van der Waals surface area contributed by atoms with E-state index in [0.29, 0.717) is 6.04 Å². The van der Waals surface area contributed by atoms with Crippen LogP contribution in [0.2, 0.25) is 0 Å². The molecule has 108 valence electrons. The van der Waals surface area contributed by atoms with E-state index in [9.17, 15) is 5.11 Å². The average molecular weight is 257 g/mol. The summed E-state index contributed by atoms with van der Waals surface area (Å²) < 4.78 is 0. The summed E-state index contributed by atoms with van der Waals surface area (Å²) in [6.07, 6.45) is 3.16. The monoisotopic (exact) mass is 257 g/mol. The fourth-order valence-corrected chi connectivity index (χ4v) is 2.62. The first-order valence-corrected chi connectivity index (χ1v) is 7.35. The number of hydrogen-bond donors (Lipinski definition) is 2. The van der Waals surface area contributed by atoms with E-state index in [1.807, 2.05) is 13.8 Å². The number of nitrogens with two attached hydrogens (primary N) is 1. The molecular formula is C14H31N3O. The molecule has 1 rings (SSSR count). The van der Waals surface area contributed by atoms with Crippen LogP contribution >= 0.6 is 0 Å². The van der Waals surface area contributed by atoms with Gasteiger partial charge in [-0.3, -0.25) is 4.90 Å². The zero-order valence-electron chi connectivity index (χ0n) is 12.4. The van der Waals surface area contributed by atoms with Crippen LogP contribution in [0.15, 0.2) is 0 Å². The Morgan fingerprint density at radius 3 is 2.28 bits per heavy atom. The lowest BCUT2D eigenvalue weighted by molar-refractivity contribution is 0.0405. The van der Waals surface area contributed by atoms with Crippen molar-refractivity contribution in [3.8, 4) is 0 Å². The summed E-state index contributed by atoms with van der Waals surface area (Å²) in [6.45, 7) is 12.3. The minimum Gasteiger partial charge on any atom is -0.390 e. The van der Waals surface area contributed by atoms with Crippen LogP contribution in [0, 0.1) is 0 Å². The molecular weight excluding hydrogens is 226 g/mol. The summed E-state index contributed by atoms with van der Waals surface area (Å²) in [6, 6.07) is 0.659. The van der Waals surface area contributed by atoms with Crippen LogP contribution < -0.4 is 5.73 Å². The first kappa shape index (κ1) is 15.9. The summed E-state index contributed by atoms with van der Waals surface area (Å²) in [5.41, 5.74) is 5.13. The normalized spacial score (nSPS) is 21.2. The molecule has 18 heavy (non-hydrogen) atoms. The second-order valence-corrected chi connectivity index (χ2v) is 6.08. The fraction of sp³-hybridized carbons (Fsp3) is 1.00. The lowest BCUT2D eigenvalue weighted by Gasteiger charge is -2.39. The van der Waals surface area contributed by atoms with Crippen molar-refractivity contribution >= 4 is 0 Å². The molecule has 0 aromatic carbocycles. The molecule has 1 atom stereocenters. The molecule has 0 aromatic rings. The van der Waals surface area contributed by atoms with Crippen molar-refractivity contribution in [2.45, 2.75) is 51.7 Å². The zero-order valence-corrected chi connectivity index (χ0v) is 12.4. The molecule has 3 N–H and O–H groups in total. The van der Waals surface area contributed by atoms with E-state index in [1.54, 1.807) is 0 Å². The highest BCUT2D eigenvalue weighted by atomic mass is 16.3. The van der Waals surface area contributed by atoms with Crippen LogP contribution in [0.25, 0.3) is 0 Å². The molecule has 4 heteroatoms. The first-order chi connectivity index (χ1) is 8.46. The van der Waals surface area contributed by atoms with Gasteiger partial charge in [0.2, 0.25) is 0 Å². The lowest BCUT2D eigenvalue weighted by atomic mass is 10.0. The van der Waals surface area contributed by atoms with Gasteiger partial charge in [0.1, 0.15) is 0 Å². The summed E-state index contributed by atoms with van der Waals surface area (Å²) in [5, 5.41) is 9.75. The van der Waals surface area contributed by atoms with Crippen LogP contribution in [0.1, 0.15) is 40.0 Å². The van der Waals surface area contributed by atoms with Gasteiger partial charge in [-0.1, -0.05) is 6.92 Å². The third-order valence-corrected chi connectivity index (χ3v) is 3.93. The minimum absolute atomic E-state index is 0.539. The summed E-state index contributed by atoms with van der Waals surface area (Å²) in [7, 11) is 0. The molecule has 0 saturated carbocycles. The van der Waals surface area contributed by atoms with Gasteiger partial charge in [-0.2, -0.15) is 0 Å². The maximum Gasteiger partial charge on any atom is 0.0603 e. The number of piperazine rings is 1. The third kappa shape index (κ3) is 5.65. The van der Waals surface area contributed by atoms with E-state index in [2.05, 4.69) is 16.7 Å².